The van der Waals surface area contributed by atoms with Gasteiger partial charge in [-0.3, -0.25) is 4.79 Å². The Morgan fingerprint density at radius 1 is 1.27 bits per heavy atom. The van der Waals surface area contributed by atoms with Gasteiger partial charge in [0, 0.05) is 12.3 Å². The molecule has 0 radical (unpaired) electrons. The maximum Gasteiger partial charge on any atom is 0.222 e. The molecule has 0 rings (SSSR count). The number of alkyl halides is 1. The van der Waals surface area contributed by atoms with Gasteiger partial charge in [-0.1, -0.05) is 0 Å². The zero-order chi connectivity index (χ0) is 8.91. The molecule has 66 valence electrons. The minimum Gasteiger partial charge on any atom is -0.281 e. The quantitative estimate of drug-likeness (QED) is 0.507. The molecule has 0 N–H and O–H groups in total. The highest BCUT2D eigenvalue weighted by Gasteiger charge is 2.11. The lowest BCUT2D eigenvalue weighted by atomic mass is 10.6. The van der Waals surface area contributed by atoms with E-state index in [0.29, 0.717) is 0 Å². The van der Waals surface area contributed by atoms with E-state index in [1.54, 1.807) is 0 Å². The Labute approximate surface area is 75.6 Å². The third kappa shape index (κ3) is 6.59. The second kappa shape index (κ2) is 4.95. The summed E-state index contributed by atoms with van der Waals surface area (Å²) in [4.78, 5) is 10.2. The van der Waals surface area contributed by atoms with Crippen LogP contribution in [0.2, 0.25) is 0 Å². The summed E-state index contributed by atoms with van der Waals surface area (Å²) in [6.45, 7) is 0. The SMILES string of the molecule is O=C(Cl)CCS(=O)(=O)CCCl. The molecule has 0 atom stereocenters. The van der Waals surface area contributed by atoms with Crippen LogP contribution in [0.5, 0.6) is 0 Å². The zero-order valence-corrected chi connectivity index (χ0v) is 8.05. The van der Waals surface area contributed by atoms with Gasteiger partial charge < -0.3 is 0 Å². The fourth-order valence-corrected chi connectivity index (χ4v) is 2.30. The van der Waals surface area contributed by atoms with E-state index in [4.69, 9.17) is 23.2 Å². The van der Waals surface area contributed by atoms with Gasteiger partial charge in [-0.25, -0.2) is 8.42 Å². The highest BCUT2D eigenvalue weighted by Crippen LogP contribution is 1.97. The van der Waals surface area contributed by atoms with E-state index in [0.717, 1.165) is 0 Å². The Hall–Kier alpha value is 0.200. The number of carbonyl (C=O) groups is 1. The van der Waals surface area contributed by atoms with Crippen LogP contribution >= 0.6 is 23.2 Å². The van der Waals surface area contributed by atoms with Crippen LogP contribution in [0, 0.1) is 0 Å². The predicted octanol–water partition coefficient (Wildman–Crippen LogP) is 0.795. The second-order valence-corrected chi connectivity index (χ2v) is 5.05. The van der Waals surface area contributed by atoms with Gasteiger partial charge in [-0.05, 0) is 11.6 Å². The number of hydrogen-bond donors (Lipinski definition) is 0. The maximum absolute atomic E-state index is 10.8. The van der Waals surface area contributed by atoms with Crippen LogP contribution in [0.15, 0.2) is 0 Å². The van der Waals surface area contributed by atoms with Gasteiger partial charge >= 0.3 is 0 Å². The lowest BCUT2D eigenvalue weighted by Gasteiger charge is -1.97. The molecule has 0 aliphatic carbocycles. The second-order valence-electron chi connectivity index (χ2n) is 1.95. The van der Waals surface area contributed by atoms with Crippen molar-refractivity contribution in [3.8, 4) is 0 Å². The minimum atomic E-state index is -3.16. The number of hydrogen-bond acceptors (Lipinski definition) is 3. The number of carbonyl (C=O) groups excluding carboxylic acids is 1. The molecule has 3 nitrogen and oxygen atoms in total. The van der Waals surface area contributed by atoms with Crippen molar-refractivity contribution in [3.63, 3.8) is 0 Å². The van der Waals surface area contributed by atoms with Crippen molar-refractivity contribution in [2.75, 3.05) is 17.4 Å². The van der Waals surface area contributed by atoms with E-state index in [9.17, 15) is 13.2 Å². The number of halogens is 2. The summed E-state index contributed by atoms with van der Waals surface area (Å²) >= 11 is 10.2. The van der Waals surface area contributed by atoms with Gasteiger partial charge in [0.05, 0.1) is 11.5 Å². The summed E-state index contributed by atoms with van der Waals surface area (Å²) in [7, 11) is -3.16. The summed E-state index contributed by atoms with van der Waals surface area (Å²) < 4.78 is 21.7. The lowest BCUT2D eigenvalue weighted by molar-refractivity contribution is -0.111. The molecule has 0 saturated heterocycles. The van der Waals surface area contributed by atoms with Gasteiger partial charge in [0.2, 0.25) is 5.24 Å². The summed E-state index contributed by atoms with van der Waals surface area (Å²) in [5, 5.41) is -0.636. The molecule has 0 aliphatic heterocycles. The Morgan fingerprint density at radius 3 is 2.18 bits per heavy atom. The van der Waals surface area contributed by atoms with Gasteiger partial charge in [0.25, 0.3) is 0 Å². The van der Waals surface area contributed by atoms with Crippen molar-refractivity contribution in [3.05, 3.63) is 0 Å². The molecule has 0 saturated carbocycles. The van der Waals surface area contributed by atoms with Crippen LogP contribution in [0.1, 0.15) is 6.42 Å². The molecule has 0 aromatic heterocycles. The van der Waals surface area contributed by atoms with Crippen LogP contribution in [0.4, 0.5) is 0 Å². The molecule has 0 fully saturated rings. The largest absolute Gasteiger partial charge is 0.281 e. The van der Waals surface area contributed by atoms with Crippen LogP contribution in [0.25, 0.3) is 0 Å². The maximum atomic E-state index is 10.8. The van der Waals surface area contributed by atoms with Crippen LogP contribution in [-0.2, 0) is 14.6 Å². The average molecular weight is 219 g/mol. The minimum absolute atomic E-state index is 0.0544. The Balaban J connectivity index is 3.84. The molecular weight excluding hydrogens is 211 g/mol. The molecule has 0 heterocycles. The molecule has 11 heavy (non-hydrogen) atoms. The molecule has 0 unspecified atom stereocenters. The van der Waals surface area contributed by atoms with Crippen molar-refractivity contribution >= 4 is 38.3 Å². The van der Waals surface area contributed by atoms with E-state index in [1.165, 1.54) is 0 Å². The van der Waals surface area contributed by atoms with Crippen LogP contribution in [-0.4, -0.2) is 31.0 Å². The number of rotatable bonds is 5. The van der Waals surface area contributed by atoms with Crippen molar-refractivity contribution < 1.29 is 13.2 Å². The Morgan fingerprint density at radius 2 is 1.82 bits per heavy atom. The van der Waals surface area contributed by atoms with E-state index in [1.807, 2.05) is 0 Å². The van der Waals surface area contributed by atoms with E-state index >= 15 is 0 Å². The lowest BCUT2D eigenvalue weighted by Crippen LogP contribution is -2.13. The topological polar surface area (TPSA) is 51.2 Å². The third-order valence-electron chi connectivity index (χ3n) is 0.998. The Bertz CT molecular complexity index is 222. The summed E-state index contributed by atoms with van der Waals surface area (Å²) in [6, 6.07) is 0. The van der Waals surface area contributed by atoms with E-state index in [-0.39, 0.29) is 23.8 Å². The molecular formula is C5H8Cl2O3S. The van der Waals surface area contributed by atoms with Gasteiger partial charge in [0.1, 0.15) is 0 Å². The molecule has 0 aliphatic rings. The molecule has 6 heteroatoms. The van der Waals surface area contributed by atoms with Crippen molar-refractivity contribution in [2.45, 2.75) is 6.42 Å². The van der Waals surface area contributed by atoms with Crippen molar-refractivity contribution in [2.24, 2.45) is 0 Å². The predicted molar refractivity (Wildman–Crippen MR) is 44.9 cm³/mol. The van der Waals surface area contributed by atoms with Crippen LogP contribution in [0.3, 0.4) is 0 Å². The standard InChI is InChI=1S/C5H8Cl2O3S/c6-2-4-11(9,10)3-1-5(7)8/h1-4H2. The highest BCUT2D eigenvalue weighted by atomic mass is 35.5. The first-order chi connectivity index (χ1) is 4.98. The zero-order valence-electron chi connectivity index (χ0n) is 5.72. The molecule has 0 spiro atoms. The van der Waals surface area contributed by atoms with Gasteiger partial charge in [-0.2, -0.15) is 0 Å². The van der Waals surface area contributed by atoms with Crippen molar-refractivity contribution in [1.29, 1.82) is 0 Å². The fourth-order valence-electron chi connectivity index (χ4n) is 0.455. The number of sulfone groups is 1. The average Bonchev–Trinajstić information content (AvgIpc) is 1.84. The fraction of sp³-hybridized carbons (Fsp3) is 0.800. The van der Waals surface area contributed by atoms with E-state index in [2.05, 4.69) is 0 Å². The van der Waals surface area contributed by atoms with Crippen LogP contribution < -0.4 is 0 Å². The molecule has 0 amide bonds. The monoisotopic (exact) mass is 218 g/mol. The summed E-state index contributed by atoms with van der Waals surface area (Å²) in [6.07, 6.45) is -0.138. The highest BCUT2D eigenvalue weighted by molar-refractivity contribution is 7.91. The first-order valence-electron chi connectivity index (χ1n) is 2.92. The Kier molecular flexibility index (Phi) is 5.04. The summed E-state index contributed by atoms with van der Waals surface area (Å²) in [5.41, 5.74) is 0. The van der Waals surface area contributed by atoms with E-state index < -0.39 is 15.1 Å². The normalized spacial score (nSPS) is 11.5. The van der Waals surface area contributed by atoms with Gasteiger partial charge in [-0.15, -0.1) is 11.6 Å². The molecule has 0 aromatic carbocycles. The van der Waals surface area contributed by atoms with Gasteiger partial charge in [0.15, 0.2) is 9.84 Å². The molecule has 0 bridgehead atoms. The summed E-state index contributed by atoms with van der Waals surface area (Å²) in [5.74, 6) is -0.250. The van der Waals surface area contributed by atoms with Crippen molar-refractivity contribution in [1.82, 2.24) is 0 Å². The smallest absolute Gasteiger partial charge is 0.222 e. The first-order valence-corrected chi connectivity index (χ1v) is 5.66. The molecule has 0 aromatic rings. The first kappa shape index (κ1) is 11.2. The third-order valence-corrected chi connectivity index (χ3v) is 3.25.